The predicted octanol–water partition coefficient (Wildman–Crippen LogP) is 1.10. The van der Waals surface area contributed by atoms with E-state index < -0.39 is 43.3 Å². The van der Waals surface area contributed by atoms with E-state index in [0.717, 1.165) is 0 Å². The zero-order valence-electron chi connectivity index (χ0n) is 18.9. The van der Waals surface area contributed by atoms with Crippen molar-refractivity contribution in [2.45, 2.75) is 50.4 Å². The highest BCUT2D eigenvalue weighted by atomic mass is 32.2. The van der Waals surface area contributed by atoms with E-state index in [4.69, 9.17) is 0 Å². The van der Waals surface area contributed by atoms with Crippen molar-refractivity contribution in [2.75, 3.05) is 5.75 Å². The molecule has 1 fully saturated rings. The number of amides is 1. The third-order valence-electron chi connectivity index (χ3n) is 6.79. The molecule has 1 aromatic carbocycles. The van der Waals surface area contributed by atoms with Gasteiger partial charge in [-0.05, 0) is 37.5 Å². The number of halogens is 1. The zero-order chi connectivity index (χ0) is 25.0. The van der Waals surface area contributed by atoms with Gasteiger partial charge < -0.3 is 10.4 Å². The van der Waals surface area contributed by atoms with Gasteiger partial charge in [0.15, 0.2) is 15.5 Å². The molecule has 5 rings (SSSR count). The van der Waals surface area contributed by atoms with Gasteiger partial charge in [-0.1, -0.05) is 18.9 Å². The number of aromatic nitrogens is 5. The molecule has 35 heavy (non-hydrogen) atoms. The Morgan fingerprint density at radius 1 is 1.29 bits per heavy atom. The molecule has 0 atom stereocenters. The summed E-state index contributed by atoms with van der Waals surface area (Å²) in [6.07, 6.45) is 3.25. The Kier molecular flexibility index (Phi) is 5.46. The topological polar surface area (TPSA) is 149 Å². The Morgan fingerprint density at radius 2 is 2.03 bits per heavy atom. The number of nitrogens with zero attached hydrogens (tertiary/aromatic N) is 5. The summed E-state index contributed by atoms with van der Waals surface area (Å²) in [5.41, 5.74) is -0.524. The summed E-state index contributed by atoms with van der Waals surface area (Å²) in [5, 5.41) is 17.1. The molecule has 2 N–H and O–H groups in total. The third-order valence-corrected chi connectivity index (χ3v) is 9.29. The van der Waals surface area contributed by atoms with E-state index in [9.17, 15) is 27.5 Å². The van der Waals surface area contributed by atoms with Gasteiger partial charge in [-0.3, -0.25) is 14.2 Å². The minimum absolute atomic E-state index is 0.00918. The quantitative estimate of drug-likeness (QED) is 0.539. The Balaban J connectivity index is 1.50. The first-order chi connectivity index (χ1) is 16.6. The average Bonchev–Trinajstić information content (AvgIpc) is 3.48. The molecule has 3 aromatic rings. The number of carbonyl (C=O) groups is 1. The molecule has 11 nitrogen and oxygen atoms in total. The first-order valence-corrected chi connectivity index (χ1v) is 12.8. The molecule has 0 bridgehead atoms. The second-order valence-electron chi connectivity index (χ2n) is 8.78. The minimum Gasteiger partial charge on any atom is -0.501 e. The summed E-state index contributed by atoms with van der Waals surface area (Å²) in [6, 6.07) is 3.95. The fourth-order valence-corrected chi connectivity index (χ4v) is 7.12. The van der Waals surface area contributed by atoms with Crippen molar-refractivity contribution in [1.82, 2.24) is 29.6 Å². The standard InChI is InChI=1S/C22H23FN6O5S/c1-13-25-12-26-29(13)16-10-15(23)5-4-14(16)11-24-19(31)17-18(30)20(32)28-8-9-35(33,34)22(21(28)27-17)6-2-3-7-22/h4-5,10,12,30H,2-3,6-9,11H2,1H3,(H,24,31). The van der Waals surface area contributed by atoms with Crippen LogP contribution in [0.2, 0.25) is 0 Å². The first-order valence-electron chi connectivity index (χ1n) is 11.1. The van der Waals surface area contributed by atoms with Crippen molar-refractivity contribution in [2.24, 2.45) is 0 Å². The molecule has 1 aliphatic heterocycles. The van der Waals surface area contributed by atoms with Gasteiger partial charge in [0.1, 0.15) is 28.5 Å². The lowest BCUT2D eigenvalue weighted by molar-refractivity contribution is 0.0941. The van der Waals surface area contributed by atoms with Crippen LogP contribution in [0.15, 0.2) is 29.3 Å². The van der Waals surface area contributed by atoms with Crippen molar-refractivity contribution in [3.05, 3.63) is 63.6 Å². The summed E-state index contributed by atoms with van der Waals surface area (Å²) in [6.45, 7) is 1.46. The monoisotopic (exact) mass is 502 g/mol. The molecule has 3 heterocycles. The van der Waals surface area contributed by atoms with Crippen molar-refractivity contribution in [3.8, 4) is 11.4 Å². The van der Waals surface area contributed by atoms with E-state index >= 15 is 0 Å². The number of hydrogen-bond donors (Lipinski definition) is 2. The van der Waals surface area contributed by atoms with Gasteiger partial charge in [0.05, 0.1) is 11.4 Å². The van der Waals surface area contributed by atoms with Gasteiger partial charge in [-0.2, -0.15) is 5.10 Å². The Labute approximate surface area is 199 Å². The molecule has 1 spiro atoms. The maximum absolute atomic E-state index is 13.9. The van der Waals surface area contributed by atoms with Crippen LogP contribution in [-0.4, -0.2) is 49.5 Å². The fraction of sp³-hybridized carbons (Fsp3) is 0.409. The normalized spacial score (nSPS) is 17.9. The number of nitrogens with one attached hydrogen (secondary N) is 1. The van der Waals surface area contributed by atoms with Crippen LogP contribution in [0.1, 0.15) is 53.4 Å². The van der Waals surface area contributed by atoms with Gasteiger partial charge >= 0.3 is 0 Å². The van der Waals surface area contributed by atoms with Gasteiger partial charge in [0, 0.05) is 13.1 Å². The maximum Gasteiger partial charge on any atom is 0.296 e. The number of rotatable bonds is 4. The summed E-state index contributed by atoms with van der Waals surface area (Å²) in [7, 11) is -3.59. The largest absolute Gasteiger partial charge is 0.501 e. The van der Waals surface area contributed by atoms with Crippen molar-refractivity contribution in [3.63, 3.8) is 0 Å². The van der Waals surface area contributed by atoms with Crippen molar-refractivity contribution >= 4 is 15.7 Å². The number of aromatic hydroxyl groups is 1. The second kappa shape index (κ2) is 8.26. The summed E-state index contributed by atoms with van der Waals surface area (Å²) < 4.78 is 41.2. The highest BCUT2D eigenvalue weighted by Crippen LogP contribution is 2.47. The average molecular weight is 503 g/mol. The van der Waals surface area contributed by atoms with Crippen molar-refractivity contribution in [1.29, 1.82) is 0 Å². The van der Waals surface area contributed by atoms with E-state index in [-0.39, 0.29) is 24.7 Å². The summed E-state index contributed by atoms with van der Waals surface area (Å²) in [5.74, 6) is -1.91. The maximum atomic E-state index is 13.9. The number of fused-ring (bicyclic) bond motifs is 2. The van der Waals surface area contributed by atoms with E-state index in [1.54, 1.807) is 6.92 Å². The van der Waals surface area contributed by atoms with Crippen molar-refractivity contribution < 1.29 is 22.7 Å². The number of carbonyl (C=O) groups excluding carboxylic acids is 1. The molecule has 2 aromatic heterocycles. The molecule has 1 aliphatic carbocycles. The van der Waals surface area contributed by atoms with E-state index in [0.29, 0.717) is 42.8 Å². The van der Waals surface area contributed by atoms with E-state index in [1.165, 1.54) is 33.8 Å². The van der Waals surface area contributed by atoms with Crippen LogP contribution in [-0.2, 0) is 27.7 Å². The van der Waals surface area contributed by atoms with Gasteiger partial charge in [0.25, 0.3) is 11.5 Å². The van der Waals surface area contributed by atoms with E-state index in [2.05, 4.69) is 20.4 Å². The minimum atomic E-state index is -3.59. The van der Waals surface area contributed by atoms with Crippen LogP contribution >= 0.6 is 0 Å². The third kappa shape index (κ3) is 3.61. The van der Waals surface area contributed by atoms with Crippen LogP contribution in [0.4, 0.5) is 4.39 Å². The van der Waals surface area contributed by atoms with Crippen LogP contribution in [0, 0.1) is 12.7 Å². The van der Waals surface area contributed by atoms with Gasteiger partial charge in [-0.25, -0.2) is 27.5 Å². The molecule has 13 heteroatoms. The molecule has 0 saturated heterocycles. The first kappa shape index (κ1) is 23.1. The highest BCUT2D eigenvalue weighted by Gasteiger charge is 2.53. The lowest BCUT2D eigenvalue weighted by atomic mass is 10.1. The molecule has 0 radical (unpaired) electrons. The molecule has 1 amide bonds. The molecule has 1 saturated carbocycles. The Hall–Kier alpha value is -3.61. The Morgan fingerprint density at radius 3 is 2.71 bits per heavy atom. The smallest absolute Gasteiger partial charge is 0.296 e. The summed E-state index contributed by atoms with van der Waals surface area (Å²) >= 11 is 0. The molecular formula is C22H23FN6O5S. The second-order valence-corrected chi connectivity index (χ2v) is 11.2. The lowest BCUT2D eigenvalue weighted by Gasteiger charge is -2.34. The fourth-order valence-electron chi connectivity index (χ4n) is 4.96. The van der Waals surface area contributed by atoms with Crippen LogP contribution < -0.4 is 10.9 Å². The molecule has 2 aliphatic rings. The van der Waals surface area contributed by atoms with Gasteiger partial charge in [0.2, 0.25) is 5.75 Å². The highest BCUT2D eigenvalue weighted by molar-refractivity contribution is 7.92. The molecule has 184 valence electrons. The number of aryl methyl sites for hydroxylation is 1. The SMILES string of the molecule is Cc1ncnn1-c1cc(F)ccc1CNC(=O)c1nc2n(c(=O)c1O)CCS(=O)(=O)C21CCCC1. The molecular weight excluding hydrogens is 479 g/mol. The van der Waals surface area contributed by atoms with Crippen LogP contribution in [0.5, 0.6) is 5.75 Å². The number of benzene rings is 1. The number of hydrogen-bond acceptors (Lipinski definition) is 8. The molecule has 0 unspecified atom stereocenters. The van der Waals surface area contributed by atoms with E-state index in [1.807, 2.05) is 0 Å². The zero-order valence-corrected chi connectivity index (χ0v) is 19.7. The predicted molar refractivity (Wildman–Crippen MR) is 121 cm³/mol. The van der Waals surface area contributed by atoms with Gasteiger partial charge in [-0.15, -0.1) is 0 Å². The van der Waals surface area contributed by atoms with Crippen LogP contribution in [0.25, 0.3) is 5.69 Å². The summed E-state index contributed by atoms with van der Waals surface area (Å²) in [4.78, 5) is 34.2. The van der Waals surface area contributed by atoms with Crippen LogP contribution in [0.3, 0.4) is 0 Å². The Bertz CT molecular complexity index is 1510. The number of sulfone groups is 1. The lowest BCUT2D eigenvalue weighted by Crippen LogP contribution is -2.48.